The van der Waals surface area contributed by atoms with Crippen LogP contribution in [0.3, 0.4) is 0 Å². The standard InChI is InChI=1S/C13H15BrN4OS/c1-2-18(7-9-5-6-10(14)20-9)13(19)12-15-11(16-17-12)8-3-4-8/h5-6,8H,2-4,7H2,1H3,(H,15,16,17). The summed E-state index contributed by atoms with van der Waals surface area (Å²) >= 11 is 5.08. The second kappa shape index (κ2) is 5.65. The summed E-state index contributed by atoms with van der Waals surface area (Å²) in [6, 6.07) is 4.02. The number of rotatable bonds is 5. The quantitative estimate of drug-likeness (QED) is 0.896. The molecule has 0 atom stereocenters. The van der Waals surface area contributed by atoms with Crippen molar-refractivity contribution in [2.75, 3.05) is 6.54 Å². The Kier molecular flexibility index (Phi) is 3.89. The highest BCUT2D eigenvalue weighted by atomic mass is 79.9. The zero-order chi connectivity index (χ0) is 14.1. The Morgan fingerprint density at radius 2 is 2.35 bits per heavy atom. The lowest BCUT2D eigenvalue weighted by Crippen LogP contribution is -2.30. The molecule has 1 aliphatic rings. The van der Waals surface area contributed by atoms with Gasteiger partial charge in [-0.2, -0.15) is 0 Å². The third kappa shape index (κ3) is 2.93. The first-order valence-corrected chi connectivity index (χ1v) is 8.24. The summed E-state index contributed by atoms with van der Waals surface area (Å²) in [4.78, 5) is 19.6. The smallest absolute Gasteiger partial charge is 0.293 e. The van der Waals surface area contributed by atoms with Crippen LogP contribution in [0.15, 0.2) is 15.9 Å². The Morgan fingerprint density at radius 3 is 2.95 bits per heavy atom. The van der Waals surface area contributed by atoms with Crippen molar-refractivity contribution in [2.45, 2.75) is 32.2 Å². The summed E-state index contributed by atoms with van der Waals surface area (Å²) < 4.78 is 1.07. The molecular weight excluding hydrogens is 340 g/mol. The van der Waals surface area contributed by atoms with Crippen molar-refractivity contribution in [3.8, 4) is 0 Å². The van der Waals surface area contributed by atoms with Crippen molar-refractivity contribution >= 4 is 33.2 Å². The molecule has 1 aliphatic carbocycles. The maximum absolute atomic E-state index is 12.4. The van der Waals surface area contributed by atoms with Gasteiger partial charge in [0.05, 0.1) is 10.3 Å². The van der Waals surface area contributed by atoms with Gasteiger partial charge in [0, 0.05) is 17.3 Å². The molecule has 0 aromatic carbocycles. The minimum absolute atomic E-state index is 0.111. The van der Waals surface area contributed by atoms with Gasteiger partial charge in [-0.15, -0.1) is 16.4 Å². The second-order valence-electron chi connectivity index (χ2n) is 4.84. The predicted molar refractivity (Wildman–Crippen MR) is 80.8 cm³/mol. The summed E-state index contributed by atoms with van der Waals surface area (Å²) in [6.07, 6.45) is 2.28. The first kappa shape index (κ1) is 13.8. The molecule has 2 heterocycles. The summed E-state index contributed by atoms with van der Waals surface area (Å²) in [5, 5.41) is 6.94. The van der Waals surface area contributed by atoms with E-state index in [-0.39, 0.29) is 11.7 Å². The molecule has 5 nitrogen and oxygen atoms in total. The first-order valence-electron chi connectivity index (χ1n) is 6.63. The van der Waals surface area contributed by atoms with E-state index in [9.17, 15) is 4.79 Å². The summed E-state index contributed by atoms with van der Waals surface area (Å²) in [5.74, 6) is 1.50. The van der Waals surface area contributed by atoms with E-state index < -0.39 is 0 Å². The lowest BCUT2D eigenvalue weighted by Gasteiger charge is -2.18. The maximum atomic E-state index is 12.4. The Balaban J connectivity index is 1.72. The molecule has 1 fully saturated rings. The van der Waals surface area contributed by atoms with Gasteiger partial charge in [-0.3, -0.25) is 9.89 Å². The predicted octanol–water partition coefficient (Wildman–Crippen LogP) is 3.17. The Bertz CT molecular complexity index is 619. The number of aromatic nitrogens is 3. The van der Waals surface area contributed by atoms with Gasteiger partial charge in [-0.1, -0.05) is 0 Å². The number of thiophene rings is 1. The van der Waals surface area contributed by atoms with Crippen LogP contribution in [0.4, 0.5) is 0 Å². The van der Waals surface area contributed by atoms with Gasteiger partial charge in [0.15, 0.2) is 0 Å². The highest BCUT2D eigenvalue weighted by Crippen LogP contribution is 2.37. The average Bonchev–Trinajstić information content (AvgIpc) is 3.03. The maximum Gasteiger partial charge on any atom is 0.293 e. The lowest BCUT2D eigenvalue weighted by atomic mass is 10.3. The van der Waals surface area contributed by atoms with Gasteiger partial charge in [-0.05, 0) is 47.8 Å². The molecule has 0 spiro atoms. The third-order valence-electron chi connectivity index (χ3n) is 3.30. The Morgan fingerprint density at radius 1 is 1.55 bits per heavy atom. The number of H-pyrrole nitrogens is 1. The number of nitrogens with zero attached hydrogens (tertiary/aromatic N) is 3. The van der Waals surface area contributed by atoms with E-state index in [4.69, 9.17) is 0 Å². The topological polar surface area (TPSA) is 61.9 Å². The van der Waals surface area contributed by atoms with Gasteiger partial charge in [0.2, 0.25) is 5.82 Å². The van der Waals surface area contributed by atoms with Crippen LogP contribution in [0.1, 0.15) is 47.0 Å². The molecule has 3 rings (SSSR count). The van der Waals surface area contributed by atoms with E-state index in [1.165, 1.54) is 0 Å². The van der Waals surface area contributed by atoms with E-state index in [1.54, 1.807) is 16.2 Å². The van der Waals surface area contributed by atoms with Crippen LogP contribution in [-0.4, -0.2) is 32.5 Å². The molecule has 20 heavy (non-hydrogen) atoms. The van der Waals surface area contributed by atoms with Crippen LogP contribution < -0.4 is 0 Å². The van der Waals surface area contributed by atoms with Crippen LogP contribution in [0.5, 0.6) is 0 Å². The minimum atomic E-state index is -0.111. The number of aromatic amines is 1. The molecule has 1 N–H and O–H groups in total. The zero-order valence-electron chi connectivity index (χ0n) is 11.1. The monoisotopic (exact) mass is 354 g/mol. The molecule has 7 heteroatoms. The van der Waals surface area contributed by atoms with Crippen molar-refractivity contribution < 1.29 is 4.79 Å². The number of amides is 1. The molecule has 0 unspecified atom stereocenters. The van der Waals surface area contributed by atoms with Crippen molar-refractivity contribution in [1.82, 2.24) is 20.1 Å². The molecule has 0 bridgehead atoms. The molecule has 106 valence electrons. The molecule has 2 aromatic rings. The van der Waals surface area contributed by atoms with Crippen LogP contribution in [0.25, 0.3) is 0 Å². The normalized spacial score (nSPS) is 14.5. The summed E-state index contributed by atoms with van der Waals surface area (Å²) in [7, 11) is 0. The second-order valence-corrected chi connectivity index (χ2v) is 7.39. The fraction of sp³-hybridized carbons (Fsp3) is 0.462. The van der Waals surface area contributed by atoms with E-state index >= 15 is 0 Å². The fourth-order valence-electron chi connectivity index (χ4n) is 2.00. The largest absolute Gasteiger partial charge is 0.331 e. The SMILES string of the molecule is CCN(Cc1ccc(Br)s1)C(=O)c1n[nH]c(C2CC2)n1. The average molecular weight is 355 g/mol. The Hall–Kier alpha value is -1.21. The minimum Gasteiger partial charge on any atom is -0.331 e. The number of halogens is 1. The van der Waals surface area contributed by atoms with Gasteiger partial charge in [0.1, 0.15) is 5.82 Å². The molecule has 0 radical (unpaired) electrons. The van der Waals surface area contributed by atoms with Crippen molar-refractivity contribution in [3.63, 3.8) is 0 Å². The summed E-state index contributed by atoms with van der Waals surface area (Å²) in [5.41, 5.74) is 0. The molecule has 0 saturated heterocycles. The molecule has 1 amide bonds. The number of hydrogen-bond donors (Lipinski definition) is 1. The molecule has 2 aromatic heterocycles. The molecular formula is C13H15BrN4OS. The van der Waals surface area contributed by atoms with E-state index in [2.05, 4.69) is 31.1 Å². The molecule has 1 saturated carbocycles. The van der Waals surface area contributed by atoms with Crippen molar-refractivity contribution in [2.24, 2.45) is 0 Å². The van der Waals surface area contributed by atoms with E-state index in [1.807, 2.05) is 19.1 Å². The van der Waals surface area contributed by atoms with Crippen LogP contribution in [0, 0.1) is 0 Å². The van der Waals surface area contributed by atoms with E-state index in [0.29, 0.717) is 19.0 Å². The van der Waals surface area contributed by atoms with Gasteiger partial charge >= 0.3 is 0 Å². The fourth-order valence-corrected chi connectivity index (χ4v) is 3.50. The first-order chi connectivity index (χ1) is 9.67. The van der Waals surface area contributed by atoms with Crippen molar-refractivity contribution in [3.05, 3.63) is 32.4 Å². The van der Waals surface area contributed by atoms with Crippen LogP contribution in [0.2, 0.25) is 0 Å². The van der Waals surface area contributed by atoms with Crippen LogP contribution in [-0.2, 0) is 6.54 Å². The third-order valence-corrected chi connectivity index (χ3v) is 4.91. The Labute approximate surface area is 129 Å². The lowest BCUT2D eigenvalue weighted by molar-refractivity contribution is 0.0742. The highest BCUT2D eigenvalue weighted by molar-refractivity contribution is 9.11. The van der Waals surface area contributed by atoms with Gasteiger partial charge in [-0.25, -0.2) is 4.98 Å². The summed E-state index contributed by atoms with van der Waals surface area (Å²) in [6.45, 7) is 3.20. The molecule has 0 aliphatic heterocycles. The highest BCUT2D eigenvalue weighted by Gasteiger charge is 2.29. The van der Waals surface area contributed by atoms with Crippen molar-refractivity contribution in [1.29, 1.82) is 0 Å². The number of hydrogen-bond acceptors (Lipinski definition) is 4. The van der Waals surface area contributed by atoms with E-state index in [0.717, 1.165) is 27.3 Å². The van der Waals surface area contributed by atoms with Gasteiger partial charge in [0.25, 0.3) is 5.91 Å². The number of nitrogens with one attached hydrogen (secondary N) is 1. The van der Waals surface area contributed by atoms with Crippen LogP contribution >= 0.6 is 27.3 Å². The number of carbonyl (C=O) groups is 1. The zero-order valence-corrected chi connectivity index (χ0v) is 13.5. The van der Waals surface area contributed by atoms with Gasteiger partial charge < -0.3 is 4.90 Å². The number of carbonyl (C=O) groups excluding carboxylic acids is 1.